The zero-order valence-corrected chi connectivity index (χ0v) is 20.7. The molecule has 1 aromatic heterocycles. The van der Waals surface area contributed by atoms with Crippen molar-refractivity contribution >= 4 is 29.9 Å². The fourth-order valence-electron chi connectivity index (χ4n) is 3.83. The Hall–Kier alpha value is -0.870. The molecule has 1 fully saturated rings. The average molecular weight is 506 g/mol. The summed E-state index contributed by atoms with van der Waals surface area (Å²) in [5, 5.41) is 11.5. The lowest BCUT2D eigenvalue weighted by atomic mass is 10.1. The van der Waals surface area contributed by atoms with E-state index in [2.05, 4.69) is 48.3 Å². The fourth-order valence-corrected chi connectivity index (χ4v) is 3.83. The van der Waals surface area contributed by atoms with Crippen LogP contribution in [0.25, 0.3) is 0 Å². The van der Waals surface area contributed by atoms with Gasteiger partial charge >= 0.3 is 0 Å². The average Bonchev–Trinajstić information content (AvgIpc) is 3.17. The molecule has 1 aromatic rings. The Morgan fingerprint density at radius 3 is 2.75 bits per heavy atom. The van der Waals surface area contributed by atoms with E-state index in [1.807, 2.05) is 11.7 Å². The highest BCUT2D eigenvalue weighted by Gasteiger charge is 2.24. The van der Waals surface area contributed by atoms with Gasteiger partial charge in [-0.1, -0.05) is 0 Å². The van der Waals surface area contributed by atoms with Gasteiger partial charge in [-0.3, -0.25) is 14.6 Å². The Bertz CT molecular complexity index is 618. The van der Waals surface area contributed by atoms with Crippen LogP contribution in [-0.4, -0.2) is 72.6 Å². The number of rotatable bonds is 9. The van der Waals surface area contributed by atoms with Crippen molar-refractivity contribution in [3.8, 4) is 0 Å². The van der Waals surface area contributed by atoms with Crippen molar-refractivity contribution in [1.29, 1.82) is 0 Å². The molecule has 7 nitrogen and oxygen atoms in total. The number of aromatic nitrogens is 2. The second-order valence-corrected chi connectivity index (χ2v) is 7.57. The molecule has 2 N–H and O–H groups in total. The zero-order chi connectivity index (χ0) is 19.8. The maximum atomic E-state index is 5.24. The number of aryl methyl sites for hydroxylation is 2. The summed E-state index contributed by atoms with van der Waals surface area (Å²) in [6.45, 7) is 13.2. The first kappa shape index (κ1) is 25.2. The maximum Gasteiger partial charge on any atom is 0.191 e. The largest absolute Gasteiger partial charge is 0.383 e. The molecule has 0 aromatic carbocycles. The van der Waals surface area contributed by atoms with E-state index in [0.717, 1.165) is 50.9 Å². The number of halogens is 1. The predicted molar refractivity (Wildman–Crippen MR) is 127 cm³/mol. The normalized spacial score (nSPS) is 18.8. The van der Waals surface area contributed by atoms with E-state index in [1.165, 1.54) is 24.1 Å². The quantitative estimate of drug-likeness (QED) is 0.306. The zero-order valence-electron chi connectivity index (χ0n) is 18.4. The third kappa shape index (κ3) is 7.18. The number of hydrogen-bond acceptors (Lipinski definition) is 4. The first-order valence-electron chi connectivity index (χ1n) is 10.2. The summed E-state index contributed by atoms with van der Waals surface area (Å²) in [6.07, 6.45) is 3.42. The van der Waals surface area contributed by atoms with Gasteiger partial charge in [-0.15, -0.1) is 24.0 Å². The van der Waals surface area contributed by atoms with Crippen LogP contribution in [0, 0.1) is 13.8 Å². The molecule has 0 bridgehead atoms. The molecule has 1 aliphatic heterocycles. The number of guanidine groups is 1. The third-order valence-electron chi connectivity index (χ3n) is 5.44. The van der Waals surface area contributed by atoms with Gasteiger partial charge in [0.05, 0.1) is 18.8 Å². The van der Waals surface area contributed by atoms with Crippen LogP contribution in [0.2, 0.25) is 0 Å². The summed E-state index contributed by atoms with van der Waals surface area (Å²) in [5.74, 6) is 0.905. The van der Waals surface area contributed by atoms with Gasteiger partial charge < -0.3 is 15.4 Å². The predicted octanol–water partition coefficient (Wildman–Crippen LogP) is 2.25. The first-order valence-corrected chi connectivity index (χ1v) is 10.2. The van der Waals surface area contributed by atoms with E-state index in [9.17, 15) is 0 Å². The van der Waals surface area contributed by atoms with Gasteiger partial charge in [0.1, 0.15) is 0 Å². The highest BCUT2D eigenvalue weighted by atomic mass is 127. The Balaban J connectivity index is 0.00000392. The molecule has 2 atom stereocenters. The summed E-state index contributed by atoms with van der Waals surface area (Å²) in [6, 6.07) is 0.811. The molecule has 0 saturated carbocycles. The lowest BCUT2D eigenvalue weighted by Gasteiger charge is -2.23. The summed E-state index contributed by atoms with van der Waals surface area (Å²) in [4.78, 5) is 7.38. The summed E-state index contributed by atoms with van der Waals surface area (Å²) >= 11 is 0. The van der Waals surface area contributed by atoms with Crippen LogP contribution in [0.4, 0.5) is 0 Å². The molecule has 2 rings (SSSR count). The van der Waals surface area contributed by atoms with Gasteiger partial charge in [0.25, 0.3) is 0 Å². The van der Waals surface area contributed by atoms with E-state index in [1.54, 1.807) is 7.11 Å². The van der Waals surface area contributed by atoms with Crippen LogP contribution < -0.4 is 10.6 Å². The van der Waals surface area contributed by atoms with Gasteiger partial charge in [0, 0.05) is 45.0 Å². The molecule has 2 heterocycles. The van der Waals surface area contributed by atoms with E-state index >= 15 is 0 Å². The molecular formula is C20H39IN6O. The molecule has 0 spiro atoms. The molecule has 1 aliphatic rings. The highest BCUT2D eigenvalue weighted by molar-refractivity contribution is 14.0. The number of methoxy groups -OCH3 is 1. The molecule has 162 valence electrons. The number of ether oxygens (including phenoxy) is 1. The van der Waals surface area contributed by atoms with Crippen LogP contribution in [0.15, 0.2) is 4.99 Å². The van der Waals surface area contributed by atoms with Crippen molar-refractivity contribution in [3.05, 3.63) is 17.0 Å². The lowest BCUT2D eigenvalue weighted by molar-refractivity contribution is 0.142. The fraction of sp³-hybridized carbons (Fsp3) is 0.800. The van der Waals surface area contributed by atoms with Crippen molar-refractivity contribution in [3.63, 3.8) is 0 Å². The molecular weight excluding hydrogens is 467 g/mol. The number of nitrogens with one attached hydrogen (secondary N) is 2. The van der Waals surface area contributed by atoms with Gasteiger partial charge in [0.15, 0.2) is 5.96 Å². The van der Waals surface area contributed by atoms with Gasteiger partial charge in [-0.2, -0.15) is 5.10 Å². The number of likely N-dealkylation sites (tertiary alicyclic amines) is 1. The standard InChI is InChI=1S/C20H38N6O.HI/c1-7-21-20(22-14-18-9-8-10-26(18)11-12-27-6)23-15(2)13-19-16(3)24-25(5)17(19)4;/h15,18H,7-14H2,1-6H3,(H2,21,22,23);1H. The molecule has 0 radical (unpaired) electrons. The van der Waals surface area contributed by atoms with Crippen LogP contribution in [0.3, 0.4) is 0 Å². The van der Waals surface area contributed by atoms with Crippen LogP contribution >= 0.6 is 24.0 Å². The van der Waals surface area contributed by atoms with Gasteiger partial charge in [-0.25, -0.2) is 0 Å². The summed E-state index contributed by atoms with van der Waals surface area (Å²) < 4.78 is 7.20. The Morgan fingerprint density at radius 2 is 2.14 bits per heavy atom. The first-order chi connectivity index (χ1) is 13.0. The Morgan fingerprint density at radius 1 is 1.39 bits per heavy atom. The van der Waals surface area contributed by atoms with E-state index in [4.69, 9.17) is 9.73 Å². The molecule has 0 amide bonds. The lowest BCUT2D eigenvalue weighted by Crippen LogP contribution is -2.44. The monoisotopic (exact) mass is 506 g/mol. The van der Waals surface area contributed by atoms with Gasteiger partial charge in [0.2, 0.25) is 0 Å². The summed E-state index contributed by atoms with van der Waals surface area (Å²) in [7, 11) is 3.77. The van der Waals surface area contributed by atoms with Gasteiger partial charge in [-0.05, 0) is 59.1 Å². The number of hydrogen-bond donors (Lipinski definition) is 2. The van der Waals surface area contributed by atoms with E-state index in [-0.39, 0.29) is 30.0 Å². The highest BCUT2D eigenvalue weighted by Crippen LogP contribution is 2.17. The van der Waals surface area contributed by atoms with Crippen LogP contribution in [0.1, 0.15) is 43.6 Å². The SMILES string of the molecule is CCNC(=NCC1CCCN1CCOC)NC(C)Cc1c(C)nn(C)c1C.I. The van der Waals surface area contributed by atoms with Crippen molar-refractivity contribution in [2.24, 2.45) is 12.0 Å². The van der Waals surface area contributed by atoms with Crippen molar-refractivity contribution in [1.82, 2.24) is 25.3 Å². The van der Waals surface area contributed by atoms with E-state index < -0.39 is 0 Å². The maximum absolute atomic E-state index is 5.24. The molecule has 28 heavy (non-hydrogen) atoms. The molecule has 8 heteroatoms. The molecule has 1 saturated heterocycles. The van der Waals surface area contributed by atoms with Crippen molar-refractivity contribution in [2.45, 2.75) is 59.0 Å². The number of nitrogens with zero attached hydrogens (tertiary/aromatic N) is 4. The van der Waals surface area contributed by atoms with E-state index in [0.29, 0.717) is 6.04 Å². The van der Waals surface area contributed by atoms with Crippen LogP contribution in [-0.2, 0) is 18.2 Å². The van der Waals surface area contributed by atoms with Crippen LogP contribution in [0.5, 0.6) is 0 Å². The van der Waals surface area contributed by atoms with Crippen molar-refractivity contribution in [2.75, 3.05) is 39.9 Å². The minimum atomic E-state index is 0. The minimum Gasteiger partial charge on any atom is -0.383 e. The summed E-state index contributed by atoms with van der Waals surface area (Å²) in [5.41, 5.74) is 3.68. The second kappa shape index (κ2) is 12.6. The Kier molecular flexibility index (Phi) is 11.4. The topological polar surface area (TPSA) is 66.7 Å². The third-order valence-corrected chi connectivity index (χ3v) is 5.44. The second-order valence-electron chi connectivity index (χ2n) is 7.57. The molecule has 0 aliphatic carbocycles. The minimum absolute atomic E-state index is 0. The molecule has 2 unspecified atom stereocenters. The Labute approximate surface area is 187 Å². The number of aliphatic imine (C=N–C) groups is 1. The smallest absolute Gasteiger partial charge is 0.191 e. The van der Waals surface area contributed by atoms with Crippen molar-refractivity contribution < 1.29 is 4.74 Å².